The van der Waals surface area contributed by atoms with Gasteiger partial charge in [0.15, 0.2) is 0 Å². The summed E-state index contributed by atoms with van der Waals surface area (Å²) in [7, 11) is 3.24. The van der Waals surface area contributed by atoms with Gasteiger partial charge in [-0.25, -0.2) is 38.7 Å². The van der Waals surface area contributed by atoms with Crippen LogP contribution in [0.25, 0.3) is 44.6 Å². The molecule has 8 aromatic rings. The first kappa shape index (κ1) is 65.6. The van der Waals surface area contributed by atoms with E-state index in [0.29, 0.717) is 35.8 Å². The smallest absolute Gasteiger partial charge is 1.00 e. The van der Waals surface area contributed by atoms with E-state index in [-0.39, 0.29) is 165 Å². The predicted octanol–water partition coefficient (Wildman–Crippen LogP) is 3.22. The minimum Gasteiger partial charge on any atom is -1.00 e. The molecule has 13 rings (SSSR count). The third-order valence-corrected chi connectivity index (χ3v) is 16.2. The molecule has 2 amide bonds. The van der Waals surface area contributed by atoms with Crippen molar-refractivity contribution in [2.24, 2.45) is 0 Å². The summed E-state index contributed by atoms with van der Waals surface area (Å²) in [6, 6.07) is 14.9. The molecule has 1 saturated heterocycles. The molecule has 0 N–H and O–H groups in total. The van der Waals surface area contributed by atoms with E-state index in [1.54, 1.807) is 36.3 Å². The fourth-order valence-electron chi connectivity index (χ4n) is 10.4. The Labute approximate surface area is 570 Å². The van der Waals surface area contributed by atoms with Gasteiger partial charge in [-0.2, -0.15) is 0 Å². The number of halogens is 3. The van der Waals surface area contributed by atoms with Gasteiger partial charge in [0.25, 0.3) is 12.9 Å². The monoisotopic (exact) mass is 1240 g/mol. The normalized spacial score (nSPS) is 18.4. The maximum Gasteiger partial charge on any atom is 1.00 e. The SMILES string of the molecule is C.CC1C(=O)N(C)Cc2c(Br)nc(C3CC3)n21.Cc1cn(-c2cc3cccc(B4OC(C)(C)C(C)(C)O4)c3cn2)cn1.Cc1cn(-c2nc3cccc(-c4nc(C5CC5)n5c4CN(C)C(=O)C5C)c3cc2C(F)F)cn1.O=CO[O-].[H-].[K+].[K+]. The maximum absolute atomic E-state index is 14.2. The quantitative estimate of drug-likeness (QED) is 0.0930. The van der Waals surface area contributed by atoms with Crippen LogP contribution < -0.4 is 113 Å². The minimum atomic E-state index is -2.70. The second-order valence-corrected chi connectivity index (χ2v) is 22.6. The van der Waals surface area contributed by atoms with Crippen LogP contribution in [0.4, 0.5) is 8.78 Å². The number of pyridine rings is 2. The van der Waals surface area contributed by atoms with Gasteiger partial charge in [0, 0.05) is 55.5 Å². The summed E-state index contributed by atoms with van der Waals surface area (Å²) in [4.78, 5) is 66.6. The molecule has 19 nitrogen and oxygen atoms in total. The number of nitrogens with zero attached hydrogens (tertiary/aromatic N) is 12. The van der Waals surface area contributed by atoms with Crippen molar-refractivity contribution in [2.75, 3.05) is 14.1 Å². The number of alkyl halides is 2. The summed E-state index contributed by atoms with van der Waals surface area (Å²) >= 11 is 3.50. The Morgan fingerprint density at radius 2 is 1.32 bits per heavy atom. The number of benzene rings is 2. The number of carbonyl (C=O) groups excluding carboxylic acids is 3. The molecule has 2 atom stereocenters. The number of hydrogen-bond donors (Lipinski definition) is 0. The number of likely N-dealkylation sites (N-methyl/N-ethyl adjacent to an activating group) is 2. The molecule has 0 radical (unpaired) electrons. The molecule has 25 heteroatoms. The number of hydrogen-bond acceptors (Lipinski definition) is 13. The molecule has 2 saturated carbocycles. The fraction of sp³-hybridized carbons (Fsp3) is 0.421. The average Bonchev–Trinajstić information content (AvgIpc) is 4.47. The molecule has 3 aliphatic heterocycles. The molecule has 0 spiro atoms. The van der Waals surface area contributed by atoms with Gasteiger partial charge in [-0.15, -0.1) is 0 Å². The van der Waals surface area contributed by atoms with E-state index in [9.17, 15) is 18.4 Å². The Morgan fingerprint density at radius 1 is 0.780 bits per heavy atom. The Morgan fingerprint density at radius 3 is 1.85 bits per heavy atom. The number of carbonyl (C=O) groups is 3. The van der Waals surface area contributed by atoms with Gasteiger partial charge in [-0.1, -0.05) is 37.8 Å². The van der Waals surface area contributed by atoms with Gasteiger partial charge in [-0.05, 0) is 131 Å². The van der Waals surface area contributed by atoms with E-state index < -0.39 is 13.5 Å². The van der Waals surface area contributed by atoms with Gasteiger partial charge >= 0.3 is 110 Å². The van der Waals surface area contributed by atoms with E-state index in [1.165, 1.54) is 29.8 Å². The van der Waals surface area contributed by atoms with Crippen LogP contribution in [0.5, 0.6) is 0 Å². The third-order valence-electron chi connectivity index (χ3n) is 15.5. The Balaban J connectivity index is 0.000000199. The van der Waals surface area contributed by atoms with Crippen LogP contribution in [0.3, 0.4) is 0 Å². The van der Waals surface area contributed by atoms with Gasteiger partial charge in [0.05, 0.1) is 63.8 Å². The second kappa shape index (κ2) is 26.4. The molecule has 422 valence electrons. The van der Waals surface area contributed by atoms with Crippen LogP contribution in [-0.2, 0) is 41.7 Å². The van der Waals surface area contributed by atoms with Crippen molar-refractivity contribution in [1.29, 1.82) is 0 Å². The van der Waals surface area contributed by atoms with E-state index in [0.717, 1.165) is 85.2 Å². The van der Waals surface area contributed by atoms with Crippen molar-refractivity contribution >= 4 is 68.5 Å². The zero-order chi connectivity index (χ0) is 56.4. The van der Waals surface area contributed by atoms with E-state index in [2.05, 4.69) is 94.7 Å². The molecular formula is C57H66BBrF2K2N12O7. The van der Waals surface area contributed by atoms with Crippen LogP contribution in [0.2, 0.25) is 0 Å². The standard InChI is InChI=1S/C25H24F2N6O.C19H22BN3O2.C11H14BrN3O.CH2O3.CH4.2K.H/c1-13-10-32(12-28-13)24-18(22(26)27)9-17-16(5-4-6-19(17)29-24)21-20-11-31(3)25(34)14(2)33(20)23(30-21)15-7-8-15;1-13-11-23(12-22-13)17-9-14-7-6-8-16(15(14)10-21-17)20-24-18(2,3)19(4,5)25-20;1-6-11(16)14(2)5-8-9(12)13-10(15(6)8)7-3-4-7;2-1-4-3;;;;/h4-6,9-10,12,14-15,22H,7-8,11H2,1-3H3;6-12H,1-5H3;6-7H,3-5H2,1-2H3;1,3H;1H4;;;/q;;;;;2*+1;-1/p-1. The molecule has 3 fully saturated rings. The van der Waals surface area contributed by atoms with Crippen molar-refractivity contribution in [1.82, 2.24) is 58.0 Å². The summed E-state index contributed by atoms with van der Waals surface area (Å²) in [6.45, 7) is 16.8. The second-order valence-electron chi connectivity index (χ2n) is 21.8. The maximum atomic E-state index is 14.2. The molecule has 82 heavy (non-hydrogen) atoms. The van der Waals surface area contributed by atoms with Crippen LogP contribution >= 0.6 is 15.9 Å². The van der Waals surface area contributed by atoms with Crippen LogP contribution in [0.15, 0.2) is 84.4 Å². The van der Waals surface area contributed by atoms with Crippen molar-refractivity contribution in [3.63, 3.8) is 0 Å². The van der Waals surface area contributed by atoms with E-state index in [1.807, 2.05) is 75.1 Å². The molecule has 2 aromatic carbocycles. The summed E-state index contributed by atoms with van der Waals surface area (Å²) < 4.78 is 49.3. The number of imidazole rings is 4. The topological polar surface area (TPSA) is 206 Å². The number of aromatic nitrogens is 10. The molecular weight excluding hydrogens is 1170 g/mol. The largest absolute Gasteiger partial charge is 1.00 e. The van der Waals surface area contributed by atoms with Gasteiger partial charge < -0.3 is 39.8 Å². The number of aryl methyl sites for hydroxylation is 2. The van der Waals surface area contributed by atoms with Gasteiger partial charge in [0.2, 0.25) is 11.8 Å². The van der Waals surface area contributed by atoms with E-state index >= 15 is 0 Å². The van der Waals surface area contributed by atoms with Crippen molar-refractivity contribution in [3.8, 4) is 22.9 Å². The van der Waals surface area contributed by atoms with Gasteiger partial charge in [-0.3, -0.25) is 23.5 Å². The van der Waals surface area contributed by atoms with Crippen molar-refractivity contribution in [2.45, 2.75) is 143 Å². The minimum absolute atomic E-state index is 0. The zero-order valence-electron chi connectivity index (χ0n) is 48.6. The first-order chi connectivity index (χ1) is 37.6. The number of amides is 2. The summed E-state index contributed by atoms with van der Waals surface area (Å²) in [5, 5.41) is 11.2. The van der Waals surface area contributed by atoms with Crippen molar-refractivity contribution < 1.29 is 147 Å². The molecule has 6 aromatic heterocycles. The van der Waals surface area contributed by atoms with Crippen LogP contribution in [-0.4, -0.2) is 109 Å². The summed E-state index contributed by atoms with van der Waals surface area (Å²) in [5.41, 5.74) is 6.00. The third kappa shape index (κ3) is 13.1. The average molecular weight is 1240 g/mol. The Bertz CT molecular complexity index is 3650. The Kier molecular flexibility index (Phi) is 21.1. The molecule has 9 heterocycles. The molecule has 0 bridgehead atoms. The number of rotatable bonds is 8. The molecule has 2 aliphatic carbocycles. The zero-order valence-corrected chi connectivity index (χ0v) is 55.5. The Hall–Kier alpha value is -3.93. The first-order valence-electron chi connectivity index (χ1n) is 26.2. The summed E-state index contributed by atoms with van der Waals surface area (Å²) in [5.74, 6) is 4.18. The van der Waals surface area contributed by atoms with Gasteiger partial charge in [0.1, 0.15) is 52.6 Å². The predicted molar refractivity (Wildman–Crippen MR) is 300 cm³/mol. The fourth-order valence-corrected chi connectivity index (χ4v) is 10.9. The molecule has 5 aliphatic rings. The summed E-state index contributed by atoms with van der Waals surface area (Å²) in [6.07, 6.45) is 10.6. The van der Waals surface area contributed by atoms with Crippen molar-refractivity contribution in [3.05, 3.63) is 124 Å². The first-order valence-corrected chi connectivity index (χ1v) is 27.0. The number of fused-ring (bicyclic) bond motifs is 4. The molecule has 2 unspecified atom stereocenters. The van der Waals surface area contributed by atoms with Crippen LogP contribution in [0, 0.1) is 13.8 Å². The van der Waals surface area contributed by atoms with Crippen LogP contribution in [0.1, 0.15) is 146 Å². The van der Waals surface area contributed by atoms with E-state index in [4.69, 9.17) is 24.3 Å².